The van der Waals surface area contributed by atoms with Crippen LogP contribution < -0.4 is 0 Å². The van der Waals surface area contributed by atoms with Crippen molar-refractivity contribution in [2.24, 2.45) is 11.8 Å². The normalized spacial score (nSPS) is 23.7. The van der Waals surface area contributed by atoms with Crippen LogP contribution in [-0.4, -0.2) is 22.6 Å². The molecule has 2 unspecified atom stereocenters. The fourth-order valence-corrected chi connectivity index (χ4v) is 2.70. The quantitative estimate of drug-likeness (QED) is 0.465. The van der Waals surface area contributed by atoms with Crippen molar-refractivity contribution in [3.05, 3.63) is 12.2 Å². The highest BCUT2D eigenvalue weighted by atomic mass is 16.6. The second-order valence-electron chi connectivity index (χ2n) is 5.37. The van der Waals surface area contributed by atoms with E-state index in [2.05, 4.69) is 19.1 Å². The van der Waals surface area contributed by atoms with Crippen LogP contribution in [0.25, 0.3) is 0 Å². The Labute approximate surface area is 108 Å². The Balaban J connectivity index is 2.69. The number of hydrogen-bond acceptors (Lipinski definition) is 3. The number of carbonyl (C=O) groups excluding carboxylic acids is 1. The third-order valence-electron chi connectivity index (χ3n) is 3.65. The van der Waals surface area contributed by atoms with Crippen molar-refractivity contribution in [2.45, 2.75) is 52.1 Å². The molecule has 0 fully saturated rings. The maximum atomic E-state index is 11.5. The van der Waals surface area contributed by atoms with Gasteiger partial charge in [0.15, 0.2) is 0 Å². The summed E-state index contributed by atoms with van der Waals surface area (Å²) in [6.07, 6.45) is 6.63. The largest absolute Gasteiger partial charge is 0.481 e. The third-order valence-corrected chi connectivity index (χ3v) is 3.65. The molecular weight excluding hydrogens is 232 g/mol. The molecule has 0 bridgehead atoms. The van der Waals surface area contributed by atoms with Crippen LogP contribution in [0, 0.1) is 11.8 Å². The highest BCUT2D eigenvalue weighted by Gasteiger charge is 2.38. The van der Waals surface area contributed by atoms with Gasteiger partial charge in [0.2, 0.25) is 0 Å². The van der Waals surface area contributed by atoms with Gasteiger partial charge in [0, 0.05) is 5.92 Å². The van der Waals surface area contributed by atoms with Crippen LogP contribution in [0.4, 0.5) is 0 Å². The van der Waals surface area contributed by atoms with Gasteiger partial charge in [-0.2, -0.15) is 0 Å². The van der Waals surface area contributed by atoms with Gasteiger partial charge in [-0.05, 0) is 32.6 Å². The molecule has 1 N–H and O–H groups in total. The van der Waals surface area contributed by atoms with E-state index in [4.69, 9.17) is 9.84 Å². The Morgan fingerprint density at radius 1 is 1.33 bits per heavy atom. The third kappa shape index (κ3) is 3.86. The summed E-state index contributed by atoms with van der Waals surface area (Å²) in [6, 6.07) is 0. The van der Waals surface area contributed by atoms with Gasteiger partial charge in [0.1, 0.15) is 12.0 Å². The molecule has 0 amide bonds. The molecule has 1 rings (SSSR count). The van der Waals surface area contributed by atoms with Crippen molar-refractivity contribution in [1.29, 1.82) is 0 Å². The zero-order chi connectivity index (χ0) is 13.8. The number of esters is 1. The van der Waals surface area contributed by atoms with Gasteiger partial charge in [-0.1, -0.05) is 25.5 Å². The first kappa shape index (κ1) is 14.7. The first-order valence-electron chi connectivity index (χ1n) is 6.45. The lowest BCUT2D eigenvalue weighted by Crippen LogP contribution is -2.41. The number of rotatable bonds is 5. The molecule has 0 aromatic carbocycles. The van der Waals surface area contributed by atoms with Crippen LogP contribution >= 0.6 is 0 Å². The molecule has 0 saturated heterocycles. The van der Waals surface area contributed by atoms with Crippen LogP contribution in [0.1, 0.15) is 46.5 Å². The molecule has 0 radical (unpaired) electrons. The van der Waals surface area contributed by atoms with Crippen LogP contribution in [0.15, 0.2) is 12.2 Å². The van der Waals surface area contributed by atoms with Gasteiger partial charge < -0.3 is 9.84 Å². The fourth-order valence-electron chi connectivity index (χ4n) is 2.70. The Hall–Kier alpha value is -1.32. The Morgan fingerprint density at radius 2 is 1.94 bits per heavy atom. The minimum Gasteiger partial charge on any atom is -0.481 e. The van der Waals surface area contributed by atoms with E-state index in [0.29, 0.717) is 5.92 Å². The average Bonchev–Trinajstić information content (AvgIpc) is 2.27. The number of carbonyl (C=O) groups is 2. The van der Waals surface area contributed by atoms with Crippen molar-refractivity contribution in [3.8, 4) is 0 Å². The van der Waals surface area contributed by atoms with Crippen molar-refractivity contribution in [3.63, 3.8) is 0 Å². The number of carboxylic acids is 1. The fraction of sp³-hybridized carbons (Fsp3) is 0.714. The topological polar surface area (TPSA) is 63.6 Å². The van der Waals surface area contributed by atoms with Crippen LogP contribution in [-0.2, 0) is 14.3 Å². The van der Waals surface area contributed by atoms with E-state index in [0.717, 1.165) is 19.3 Å². The van der Waals surface area contributed by atoms with Crippen molar-refractivity contribution in [2.75, 3.05) is 0 Å². The second kappa shape index (κ2) is 6.03. The first-order chi connectivity index (χ1) is 8.36. The van der Waals surface area contributed by atoms with Gasteiger partial charge in [-0.25, -0.2) is 0 Å². The predicted molar refractivity (Wildman–Crippen MR) is 68.1 cm³/mol. The molecular formula is C14H22O4. The molecule has 4 nitrogen and oxygen atoms in total. The van der Waals surface area contributed by atoms with E-state index in [1.807, 2.05) is 13.8 Å². The second-order valence-corrected chi connectivity index (χ2v) is 5.37. The van der Waals surface area contributed by atoms with Gasteiger partial charge in [-0.15, -0.1) is 0 Å². The highest BCUT2D eigenvalue weighted by Crippen LogP contribution is 2.38. The van der Waals surface area contributed by atoms with Gasteiger partial charge in [0.25, 0.3) is 0 Å². The molecule has 18 heavy (non-hydrogen) atoms. The lowest BCUT2D eigenvalue weighted by atomic mass is 9.72. The van der Waals surface area contributed by atoms with E-state index in [1.54, 1.807) is 0 Å². The van der Waals surface area contributed by atoms with Gasteiger partial charge in [-0.3, -0.25) is 9.59 Å². The maximum Gasteiger partial charge on any atom is 0.317 e. The summed E-state index contributed by atoms with van der Waals surface area (Å²) in [5, 5.41) is 8.58. The molecule has 0 aromatic rings. The zero-order valence-corrected chi connectivity index (χ0v) is 11.3. The minimum absolute atomic E-state index is 0.255. The van der Waals surface area contributed by atoms with Gasteiger partial charge in [0.05, 0.1) is 0 Å². The Kier molecular flexibility index (Phi) is 4.93. The summed E-state index contributed by atoms with van der Waals surface area (Å²) in [5.74, 6) is -1.06. The molecule has 0 aliphatic heterocycles. The molecule has 0 saturated carbocycles. The summed E-state index contributed by atoms with van der Waals surface area (Å²) in [5.41, 5.74) is -0.613. The van der Waals surface area contributed by atoms with Crippen molar-refractivity contribution >= 4 is 11.9 Å². The smallest absolute Gasteiger partial charge is 0.317 e. The average molecular weight is 254 g/mol. The maximum absolute atomic E-state index is 11.5. The molecule has 0 spiro atoms. The van der Waals surface area contributed by atoms with E-state index >= 15 is 0 Å². The molecule has 1 aliphatic rings. The van der Waals surface area contributed by atoms with Crippen LogP contribution in [0.3, 0.4) is 0 Å². The number of allylic oxidation sites excluding steroid dienone is 2. The van der Waals surface area contributed by atoms with Crippen LogP contribution in [0.5, 0.6) is 0 Å². The first-order valence-corrected chi connectivity index (χ1v) is 6.45. The molecule has 2 atom stereocenters. The van der Waals surface area contributed by atoms with Crippen LogP contribution in [0.2, 0.25) is 0 Å². The van der Waals surface area contributed by atoms with Crippen molar-refractivity contribution in [1.82, 2.24) is 0 Å². The molecule has 102 valence electrons. The summed E-state index contributed by atoms with van der Waals surface area (Å²) in [6.45, 7) is 5.88. The molecule has 4 heteroatoms. The van der Waals surface area contributed by atoms with E-state index < -0.39 is 24.0 Å². The lowest BCUT2D eigenvalue weighted by Gasteiger charge is -2.39. The van der Waals surface area contributed by atoms with Crippen molar-refractivity contribution < 1.29 is 19.4 Å². The molecule has 1 aliphatic carbocycles. The number of hydrogen-bond donors (Lipinski definition) is 1. The van der Waals surface area contributed by atoms with Gasteiger partial charge >= 0.3 is 11.9 Å². The summed E-state index contributed by atoms with van der Waals surface area (Å²) in [7, 11) is 0. The number of ether oxygens (including phenoxy) is 1. The Bertz CT molecular complexity index is 344. The predicted octanol–water partition coefficient (Wildman–Crippen LogP) is 2.78. The Morgan fingerprint density at radius 3 is 2.50 bits per heavy atom. The van der Waals surface area contributed by atoms with E-state index in [9.17, 15) is 9.59 Å². The summed E-state index contributed by atoms with van der Waals surface area (Å²) >= 11 is 0. The number of aliphatic carboxylic acids is 1. The summed E-state index contributed by atoms with van der Waals surface area (Å²) in [4.78, 5) is 22.0. The number of carboxylic acid groups (broad SMARTS) is 1. The summed E-state index contributed by atoms with van der Waals surface area (Å²) < 4.78 is 5.37. The van der Waals surface area contributed by atoms with E-state index in [1.165, 1.54) is 0 Å². The lowest BCUT2D eigenvalue weighted by molar-refractivity contribution is -0.167. The standard InChI is InChI=1S/C14H22O4/c1-4-10-7-5-6-8-11(10)14(2,3)18-13(17)9-12(15)16/h5-6,10-11H,4,7-9H2,1-3H3,(H,15,16). The van der Waals surface area contributed by atoms with E-state index in [-0.39, 0.29) is 5.92 Å². The highest BCUT2D eigenvalue weighted by molar-refractivity contribution is 5.90. The molecule has 0 heterocycles. The minimum atomic E-state index is -1.15. The molecule has 0 aromatic heterocycles. The SMILES string of the molecule is CCC1CC=CCC1C(C)(C)OC(=O)CC(=O)O. The monoisotopic (exact) mass is 254 g/mol. The zero-order valence-electron chi connectivity index (χ0n) is 11.3.